The van der Waals surface area contributed by atoms with Crippen molar-refractivity contribution in [1.29, 1.82) is 0 Å². The van der Waals surface area contributed by atoms with Crippen LogP contribution in [0.1, 0.15) is 18.6 Å². The molecule has 66 valence electrons. The molecule has 0 aliphatic carbocycles. The predicted octanol–water partition coefficient (Wildman–Crippen LogP) is 2.73. The van der Waals surface area contributed by atoms with Gasteiger partial charge in [-0.2, -0.15) is 0 Å². The summed E-state index contributed by atoms with van der Waals surface area (Å²) in [5, 5.41) is 0. The van der Waals surface area contributed by atoms with Gasteiger partial charge in [0.2, 0.25) is 0 Å². The van der Waals surface area contributed by atoms with E-state index in [1.54, 1.807) is 0 Å². The maximum Gasteiger partial charge on any atom is 0.120 e. The van der Waals surface area contributed by atoms with Gasteiger partial charge < -0.3 is 4.74 Å². The summed E-state index contributed by atoms with van der Waals surface area (Å²) in [4.78, 5) is 0. The number of hydrogen-bond donors (Lipinski definition) is 0. The summed E-state index contributed by atoms with van der Waals surface area (Å²) in [6.07, 6.45) is -0.392. The van der Waals surface area contributed by atoms with E-state index in [4.69, 9.17) is 4.74 Å². The number of ether oxygens (including phenoxy) is 1. The lowest BCUT2D eigenvalue weighted by Gasteiger charge is -2.12. The second kappa shape index (κ2) is 4.88. The van der Waals surface area contributed by atoms with E-state index in [0.717, 1.165) is 5.56 Å². The van der Waals surface area contributed by atoms with Crippen molar-refractivity contribution in [2.24, 2.45) is 0 Å². The topological polar surface area (TPSA) is 9.23 Å². The summed E-state index contributed by atoms with van der Waals surface area (Å²) in [5.41, 5.74) is 0.904. The van der Waals surface area contributed by atoms with Crippen LogP contribution in [-0.2, 0) is 4.74 Å². The first-order valence-corrected chi connectivity index (χ1v) is 4.11. The van der Waals surface area contributed by atoms with E-state index >= 15 is 0 Å². The maximum atomic E-state index is 12.4. The van der Waals surface area contributed by atoms with Gasteiger partial charge in [0.15, 0.2) is 0 Å². The lowest BCUT2D eigenvalue weighted by Crippen LogP contribution is -2.05. The fraction of sp³-hybridized carbons (Fsp3) is 0.400. The van der Waals surface area contributed by atoms with Crippen molar-refractivity contribution in [3.05, 3.63) is 35.9 Å². The van der Waals surface area contributed by atoms with Crippen molar-refractivity contribution in [2.45, 2.75) is 13.0 Å². The summed E-state index contributed by atoms with van der Waals surface area (Å²) in [7, 11) is 0. The summed E-state index contributed by atoms with van der Waals surface area (Å²) in [6.45, 7) is 1.95. The Hall–Kier alpha value is -0.890. The number of benzene rings is 1. The summed E-state index contributed by atoms with van der Waals surface area (Å²) >= 11 is 0. The van der Waals surface area contributed by atoms with Crippen LogP contribution in [0.4, 0.5) is 4.39 Å². The molecule has 1 rings (SSSR count). The lowest BCUT2D eigenvalue weighted by molar-refractivity contribution is 0.0437. The van der Waals surface area contributed by atoms with Crippen molar-refractivity contribution < 1.29 is 9.13 Å². The minimum atomic E-state index is -0.460. The number of halogens is 1. The third-order valence-electron chi connectivity index (χ3n) is 1.68. The fourth-order valence-corrected chi connectivity index (χ4v) is 1.10. The molecule has 2 heteroatoms. The first-order valence-electron chi connectivity index (χ1n) is 4.11. The Labute approximate surface area is 72.2 Å². The molecule has 0 amide bonds. The Kier molecular flexibility index (Phi) is 3.74. The first-order chi connectivity index (χ1) is 5.88. The zero-order valence-corrected chi connectivity index (χ0v) is 7.16. The third kappa shape index (κ3) is 2.31. The quantitative estimate of drug-likeness (QED) is 0.671. The number of alkyl halides is 1. The summed E-state index contributed by atoms with van der Waals surface area (Å²) in [6, 6.07) is 9.43. The highest BCUT2D eigenvalue weighted by Crippen LogP contribution is 2.16. The Bertz CT molecular complexity index is 210. The molecule has 0 radical (unpaired) electrons. The maximum absolute atomic E-state index is 12.4. The Morgan fingerprint density at radius 2 is 2.00 bits per heavy atom. The van der Waals surface area contributed by atoms with Crippen molar-refractivity contribution in [3.8, 4) is 0 Å². The summed E-state index contributed by atoms with van der Waals surface area (Å²) < 4.78 is 17.6. The molecule has 0 aliphatic heterocycles. The average molecular weight is 168 g/mol. The van der Waals surface area contributed by atoms with E-state index in [1.807, 2.05) is 37.3 Å². The second-order valence-electron chi connectivity index (χ2n) is 2.51. The first kappa shape index (κ1) is 9.20. The van der Waals surface area contributed by atoms with Gasteiger partial charge in [-0.05, 0) is 12.5 Å². The Morgan fingerprint density at radius 3 is 2.50 bits per heavy atom. The van der Waals surface area contributed by atoms with Gasteiger partial charge in [0.05, 0.1) is 0 Å². The molecule has 0 saturated carbocycles. The zero-order valence-electron chi connectivity index (χ0n) is 7.16. The monoisotopic (exact) mass is 168 g/mol. The second-order valence-corrected chi connectivity index (χ2v) is 2.51. The molecule has 0 saturated heterocycles. The van der Waals surface area contributed by atoms with E-state index < -0.39 is 12.8 Å². The van der Waals surface area contributed by atoms with Gasteiger partial charge in [-0.15, -0.1) is 0 Å². The highest BCUT2D eigenvalue weighted by Gasteiger charge is 2.09. The van der Waals surface area contributed by atoms with Crippen LogP contribution < -0.4 is 0 Å². The van der Waals surface area contributed by atoms with Crippen LogP contribution in [0.15, 0.2) is 30.3 Å². The van der Waals surface area contributed by atoms with Crippen molar-refractivity contribution in [1.82, 2.24) is 0 Å². The minimum absolute atomic E-state index is 0.392. The van der Waals surface area contributed by atoms with E-state index in [0.29, 0.717) is 6.61 Å². The molecule has 1 atom stereocenters. The highest BCUT2D eigenvalue weighted by molar-refractivity contribution is 5.17. The van der Waals surface area contributed by atoms with Gasteiger partial charge in [0, 0.05) is 6.61 Å². The van der Waals surface area contributed by atoms with Gasteiger partial charge in [-0.25, -0.2) is 4.39 Å². The van der Waals surface area contributed by atoms with Gasteiger partial charge in [0.25, 0.3) is 0 Å². The summed E-state index contributed by atoms with van der Waals surface area (Å²) in [5.74, 6) is 0. The van der Waals surface area contributed by atoms with Gasteiger partial charge in [-0.1, -0.05) is 30.3 Å². The zero-order chi connectivity index (χ0) is 8.81. The van der Waals surface area contributed by atoms with Gasteiger partial charge in [0.1, 0.15) is 12.8 Å². The van der Waals surface area contributed by atoms with Crippen molar-refractivity contribution in [2.75, 3.05) is 13.3 Å². The van der Waals surface area contributed by atoms with Crippen LogP contribution in [0.25, 0.3) is 0 Å². The molecule has 0 bridgehead atoms. The molecule has 1 aromatic rings. The molecular weight excluding hydrogens is 155 g/mol. The SMILES string of the molecule is CCOC(CF)c1ccccc1. The van der Waals surface area contributed by atoms with Crippen LogP contribution in [-0.4, -0.2) is 13.3 Å². The van der Waals surface area contributed by atoms with Crippen molar-refractivity contribution >= 4 is 0 Å². The molecule has 0 aromatic heterocycles. The number of hydrogen-bond acceptors (Lipinski definition) is 1. The standard InChI is InChI=1S/C10H13FO/c1-2-12-10(8-11)9-6-4-3-5-7-9/h3-7,10H,2,8H2,1H3. The van der Waals surface area contributed by atoms with Gasteiger partial charge >= 0.3 is 0 Å². The molecule has 1 nitrogen and oxygen atoms in total. The molecule has 1 aromatic carbocycles. The Morgan fingerprint density at radius 1 is 1.33 bits per heavy atom. The molecule has 12 heavy (non-hydrogen) atoms. The Balaban J connectivity index is 2.66. The van der Waals surface area contributed by atoms with Crippen LogP contribution in [0.2, 0.25) is 0 Å². The van der Waals surface area contributed by atoms with Gasteiger partial charge in [-0.3, -0.25) is 0 Å². The molecular formula is C10H13FO. The smallest absolute Gasteiger partial charge is 0.120 e. The minimum Gasteiger partial charge on any atom is -0.371 e. The predicted molar refractivity (Wildman–Crippen MR) is 46.8 cm³/mol. The largest absolute Gasteiger partial charge is 0.371 e. The molecule has 0 fully saturated rings. The lowest BCUT2D eigenvalue weighted by atomic mass is 10.1. The normalized spacial score (nSPS) is 12.8. The van der Waals surface area contributed by atoms with Crippen LogP contribution in [0.3, 0.4) is 0 Å². The molecule has 0 N–H and O–H groups in total. The highest BCUT2D eigenvalue weighted by atomic mass is 19.1. The van der Waals surface area contributed by atoms with E-state index in [2.05, 4.69) is 0 Å². The van der Waals surface area contributed by atoms with E-state index in [9.17, 15) is 4.39 Å². The third-order valence-corrected chi connectivity index (χ3v) is 1.68. The van der Waals surface area contributed by atoms with E-state index in [-0.39, 0.29) is 0 Å². The fourth-order valence-electron chi connectivity index (χ4n) is 1.10. The van der Waals surface area contributed by atoms with Crippen LogP contribution in [0.5, 0.6) is 0 Å². The van der Waals surface area contributed by atoms with Crippen molar-refractivity contribution in [3.63, 3.8) is 0 Å². The molecule has 0 aliphatic rings. The number of rotatable bonds is 4. The molecule has 1 unspecified atom stereocenters. The average Bonchev–Trinajstić information content (AvgIpc) is 2.15. The van der Waals surface area contributed by atoms with Crippen LogP contribution >= 0.6 is 0 Å². The molecule has 0 heterocycles. The van der Waals surface area contributed by atoms with E-state index in [1.165, 1.54) is 0 Å². The van der Waals surface area contributed by atoms with Crippen LogP contribution in [0, 0.1) is 0 Å². The molecule has 0 spiro atoms.